The van der Waals surface area contributed by atoms with Gasteiger partial charge >= 0.3 is 5.97 Å². The van der Waals surface area contributed by atoms with Gasteiger partial charge in [0.1, 0.15) is 0 Å². The van der Waals surface area contributed by atoms with Crippen LogP contribution in [-0.2, 0) is 30.4 Å². The molecule has 0 bridgehead atoms. The Balaban J connectivity index is 1.46. The van der Waals surface area contributed by atoms with Crippen LogP contribution in [0.25, 0.3) is 0 Å². The number of hydrogen-bond donors (Lipinski definition) is 2. The van der Waals surface area contributed by atoms with Gasteiger partial charge in [-0.15, -0.1) is 0 Å². The molecule has 2 fully saturated rings. The highest BCUT2D eigenvalue weighted by Gasteiger charge is 2.33. The molecule has 194 valence electrons. The molecule has 36 heavy (non-hydrogen) atoms. The lowest BCUT2D eigenvalue weighted by Crippen LogP contribution is -2.41. The second kappa shape index (κ2) is 12.5. The van der Waals surface area contributed by atoms with Crippen LogP contribution in [0, 0.1) is 0 Å². The van der Waals surface area contributed by atoms with Gasteiger partial charge in [-0.2, -0.15) is 0 Å². The third-order valence-electron chi connectivity index (χ3n) is 6.69. The molecule has 8 heteroatoms. The van der Waals surface area contributed by atoms with E-state index in [9.17, 15) is 14.7 Å². The van der Waals surface area contributed by atoms with Gasteiger partial charge in [-0.25, -0.2) is 0 Å². The van der Waals surface area contributed by atoms with E-state index in [2.05, 4.69) is 10.2 Å². The first-order valence-electron chi connectivity index (χ1n) is 12.7. The van der Waals surface area contributed by atoms with Crippen LogP contribution < -0.4 is 5.32 Å². The molecular formula is C28H36N2O6. The first-order valence-corrected chi connectivity index (χ1v) is 12.7. The number of aliphatic hydroxyl groups is 1. The number of amides is 1. The van der Waals surface area contributed by atoms with Crippen LogP contribution in [0.5, 0.6) is 0 Å². The number of likely N-dealkylation sites (tertiary alicyclic amines) is 1. The van der Waals surface area contributed by atoms with E-state index in [0.29, 0.717) is 5.69 Å². The summed E-state index contributed by atoms with van der Waals surface area (Å²) >= 11 is 0. The number of esters is 1. The number of aliphatic hydroxyl groups excluding tert-OH is 1. The number of ether oxygens (including phenoxy) is 3. The number of nitrogens with one attached hydrogen (secondary N) is 1. The molecule has 2 heterocycles. The second-order valence-corrected chi connectivity index (χ2v) is 9.57. The predicted molar refractivity (Wildman–Crippen MR) is 135 cm³/mol. The van der Waals surface area contributed by atoms with E-state index >= 15 is 0 Å². The first-order chi connectivity index (χ1) is 17.4. The number of carbonyl (C=O) groups excluding carboxylic acids is 2. The predicted octanol–water partition coefficient (Wildman–Crippen LogP) is 4.10. The molecule has 0 aliphatic carbocycles. The van der Waals surface area contributed by atoms with Crippen molar-refractivity contribution < 1.29 is 28.9 Å². The topological polar surface area (TPSA) is 97.3 Å². The summed E-state index contributed by atoms with van der Waals surface area (Å²) in [5.74, 6) is -0.893. The van der Waals surface area contributed by atoms with Crippen molar-refractivity contribution in [3.63, 3.8) is 0 Å². The van der Waals surface area contributed by atoms with Crippen LogP contribution in [0.3, 0.4) is 0 Å². The van der Waals surface area contributed by atoms with Crippen LogP contribution in [0.4, 0.5) is 5.69 Å². The summed E-state index contributed by atoms with van der Waals surface area (Å²) in [6, 6.07) is 15.2. The molecule has 2 aromatic rings. The van der Waals surface area contributed by atoms with E-state index < -0.39 is 24.3 Å². The van der Waals surface area contributed by atoms with Gasteiger partial charge in [0.2, 0.25) is 0 Å². The zero-order valence-corrected chi connectivity index (χ0v) is 21.0. The second-order valence-electron chi connectivity index (χ2n) is 9.57. The summed E-state index contributed by atoms with van der Waals surface area (Å²) in [6.07, 6.45) is 2.97. The van der Waals surface area contributed by atoms with Crippen LogP contribution in [-0.4, -0.2) is 53.7 Å². The molecule has 2 aromatic carbocycles. The van der Waals surface area contributed by atoms with Crippen molar-refractivity contribution in [2.24, 2.45) is 0 Å². The largest absolute Gasteiger partial charge is 0.453 e. The molecule has 0 spiro atoms. The van der Waals surface area contributed by atoms with Crippen molar-refractivity contribution in [3.05, 3.63) is 65.2 Å². The summed E-state index contributed by atoms with van der Waals surface area (Å²) < 4.78 is 17.8. The lowest BCUT2D eigenvalue weighted by Gasteiger charge is -2.39. The molecule has 2 aliphatic heterocycles. The van der Waals surface area contributed by atoms with E-state index in [-0.39, 0.29) is 18.8 Å². The van der Waals surface area contributed by atoms with E-state index in [4.69, 9.17) is 14.2 Å². The maximum absolute atomic E-state index is 12.3. The molecule has 2 aliphatic rings. The molecule has 0 aromatic heterocycles. The van der Waals surface area contributed by atoms with Crippen molar-refractivity contribution in [2.75, 3.05) is 25.0 Å². The van der Waals surface area contributed by atoms with Crippen molar-refractivity contribution in [3.8, 4) is 0 Å². The van der Waals surface area contributed by atoms with Crippen molar-refractivity contribution >= 4 is 17.6 Å². The maximum atomic E-state index is 12.3. The van der Waals surface area contributed by atoms with Crippen molar-refractivity contribution in [1.82, 2.24) is 4.90 Å². The van der Waals surface area contributed by atoms with E-state index in [1.54, 1.807) is 12.1 Å². The Hall–Kier alpha value is -2.78. The van der Waals surface area contributed by atoms with Gasteiger partial charge in [-0.1, -0.05) is 42.8 Å². The lowest BCUT2D eigenvalue weighted by atomic mass is 9.99. The van der Waals surface area contributed by atoms with Gasteiger partial charge in [0, 0.05) is 31.1 Å². The Kier molecular flexibility index (Phi) is 9.09. The summed E-state index contributed by atoms with van der Waals surface area (Å²) in [6.45, 7) is 5.88. The third kappa shape index (κ3) is 7.13. The van der Waals surface area contributed by atoms with E-state index in [0.717, 1.165) is 42.7 Å². The average molecular weight is 497 g/mol. The van der Waals surface area contributed by atoms with Gasteiger partial charge in [-0.3, -0.25) is 9.59 Å². The number of piperidine rings is 1. The zero-order chi connectivity index (χ0) is 25.5. The normalized spacial score (nSPS) is 23.6. The molecule has 4 atom stereocenters. The third-order valence-corrected chi connectivity index (χ3v) is 6.69. The van der Waals surface area contributed by atoms with Gasteiger partial charge in [0.15, 0.2) is 12.4 Å². The number of benzene rings is 2. The molecule has 8 nitrogen and oxygen atoms in total. The maximum Gasteiger partial charge on any atom is 0.303 e. The Bertz CT molecular complexity index is 1000. The number of rotatable bonds is 8. The molecule has 2 N–H and O–H groups in total. The molecule has 1 amide bonds. The number of anilines is 1. The lowest BCUT2D eigenvalue weighted by molar-refractivity contribution is -0.253. The van der Waals surface area contributed by atoms with Gasteiger partial charge in [0.25, 0.3) is 5.91 Å². The highest BCUT2D eigenvalue weighted by atomic mass is 16.7. The Morgan fingerprint density at radius 2 is 1.69 bits per heavy atom. The van der Waals surface area contributed by atoms with Gasteiger partial charge in [-0.05, 0) is 56.1 Å². The fourth-order valence-electron chi connectivity index (χ4n) is 4.73. The molecular weight excluding hydrogens is 460 g/mol. The van der Waals surface area contributed by atoms with Crippen LogP contribution >= 0.6 is 0 Å². The number of carbonyl (C=O) groups is 2. The SMILES string of the molecule is CC(=O)O[C@@H](C)C(=O)Nc1ccc([C@@H]2O[C@H](CN3CCCCC3)C[C@H](c3ccc(CO)cc3)O2)cc1. The zero-order valence-electron chi connectivity index (χ0n) is 21.0. The van der Waals surface area contributed by atoms with E-state index in [1.165, 1.54) is 33.1 Å². The summed E-state index contributed by atoms with van der Waals surface area (Å²) in [5, 5.41) is 12.2. The minimum atomic E-state index is -0.874. The van der Waals surface area contributed by atoms with Crippen molar-refractivity contribution in [2.45, 2.75) is 70.7 Å². The standard InChI is InChI=1S/C28H36N2O6/c1-19(34-20(2)32)27(33)29-24-12-10-23(11-13-24)28-35-25(17-30-14-4-3-5-15-30)16-26(36-28)22-8-6-21(18-31)7-9-22/h6-13,19,25-26,28,31H,3-5,14-18H2,1-2H3,(H,29,33)/t19-,25-,26+,28+/m0/s1. The highest BCUT2D eigenvalue weighted by molar-refractivity contribution is 5.94. The minimum absolute atomic E-state index is 0.0116. The monoisotopic (exact) mass is 496 g/mol. The molecule has 0 unspecified atom stereocenters. The fourth-order valence-corrected chi connectivity index (χ4v) is 4.73. The number of hydrogen-bond acceptors (Lipinski definition) is 7. The smallest absolute Gasteiger partial charge is 0.303 e. The summed E-state index contributed by atoms with van der Waals surface area (Å²) in [7, 11) is 0. The Morgan fingerprint density at radius 1 is 1.03 bits per heavy atom. The van der Waals surface area contributed by atoms with Crippen LogP contribution in [0.2, 0.25) is 0 Å². The Morgan fingerprint density at radius 3 is 2.33 bits per heavy atom. The van der Waals surface area contributed by atoms with Gasteiger partial charge in [0.05, 0.1) is 18.8 Å². The quantitative estimate of drug-likeness (QED) is 0.531. The fraction of sp³-hybridized carbons (Fsp3) is 0.500. The Labute approximate surface area is 212 Å². The molecule has 0 radical (unpaired) electrons. The van der Waals surface area contributed by atoms with Crippen molar-refractivity contribution in [1.29, 1.82) is 0 Å². The summed E-state index contributed by atoms with van der Waals surface area (Å²) in [5.41, 5.74) is 3.39. The van der Waals surface area contributed by atoms with Gasteiger partial charge < -0.3 is 29.5 Å². The minimum Gasteiger partial charge on any atom is -0.453 e. The number of nitrogens with zero attached hydrogens (tertiary/aromatic N) is 1. The molecule has 4 rings (SSSR count). The summed E-state index contributed by atoms with van der Waals surface area (Å²) in [4.78, 5) is 25.8. The average Bonchev–Trinajstić information content (AvgIpc) is 2.89. The highest BCUT2D eigenvalue weighted by Crippen LogP contribution is 2.38. The van der Waals surface area contributed by atoms with E-state index in [1.807, 2.05) is 36.4 Å². The van der Waals surface area contributed by atoms with Crippen LogP contribution in [0.15, 0.2) is 48.5 Å². The molecule has 2 saturated heterocycles. The molecule has 0 saturated carbocycles. The van der Waals surface area contributed by atoms with Crippen LogP contribution in [0.1, 0.15) is 68.6 Å². The first kappa shape index (κ1) is 26.3.